The highest BCUT2D eigenvalue weighted by Gasteiger charge is 2.38. The number of methoxy groups -OCH3 is 1. The van der Waals surface area contributed by atoms with Crippen LogP contribution in [0, 0.1) is 5.92 Å². The Morgan fingerprint density at radius 2 is 2.13 bits per heavy atom. The van der Waals surface area contributed by atoms with E-state index in [1.54, 1.807) is 24.3 Å². The number of hydrogen-bond acceptors (Lipinski definition) is 4. The Kier molecular flexibility index (Phi) is 5.20. The molecule has 0 spiro atoms. The minimum atomic E-state index is -0.549. The molecule has 1 heterocycles. The van der Waals surface area contributed by atoms with Gasteiger partial charge in [0.15, 0.2) is 0 Å². The molecule has 1 aromatic carbocycles. The van der Waals surface area contributed by atoms with Crippen molar-refractivity contribution in [3.8, 4) is 5.75 Å². The third kappa shape index (κ3) is 4.21. The summed E-state index contributed by atoms with van der Waals surface area (Å²) < 4.78 is 5.08. The maximum atomic E-state index is 12.2. The lowest BCUT2D eigenvalue weighted by atomic mass is 10.0. The van der Waals surface area contributed by atoms with Crippen LogP contribution in [0.2, 0.25) is 0 Å². The first kappa shape index (κ1) is 16.8. The lowest BCUT2D eigenvalue weighted by Gasteiger charge is -2.14. The fourth-order valence-electron chi connectivity index (χ4n) is 2.40. The topological polar surface area (TPSA) is 87.7 Å². The lowest BCUT2D eigenvalue weighted by Crippen LogP contribution is -2.38. The van der Waals surface area contributed by atoms with Crippen molar-refractivity contribution in [2.45, 2.75) is 26.3 Å². The Labute approximate surface area is 135 Å². The summed E-state index contributed by atoms with van der Waals surface area (Å²) in [5, 5.41) is 5.26. The number of benzene rings is 1. The lowest BCUT2D eigenvalue weighted by molar-refractivity contribution is -0.131. The average Bonchev–Trinajstić information content (AvgIpc) is 2.74. The Morgan fingerprint density at radius 3 is 2.78 bits per heavy atom. The number of amides is 4. The maximum Gasteiger partial charge on any atom is 0.325 e. The molecule has 0 aromatic heterocycles. The SMILES string of the molecule is COc1cccc(NC(=O)CN2C(=O)NC(CC(C)C)C2=O)c1. The van der Waals surface area contributed by atoms with Gasteiger partial charge < -0.3 is 15.4 Å². The first-order valence-corrected chi connectivity index (χ1v) is 7.46. The molecule has 7 heteroatoms. The standard InChI is InChI=1S/C16H21N3O4/c1-10(2)7-13-15(21)19(16(22)18-13)9-14(20)17-11-5-4-6-12(8-11)23-3/h4-6,8,10,13H,7,9H2,1-3H3,(H,17,20)(H,18,22). The van der Waals surface area contributed by atoms with Gasteiger partial charge in [-0.25, -0.2) is 4.79 Å². The molecule has 1 aromatic rings. The van der Waals surface area contributed by atoms with Crippen molar-refractivity contribution in [3.05, 3.63) is 24.3 Å². The van der Waals surface area contributed by atoms with Gasteiger partial charge in [0.2, 0.25) is 5.91 Å². The van der Waals surface area contributed by atoms with Crippen molar-refractivity contribution in [3.63, 3.8) is 0 Å². The van der Waals surface area contributed by atoms with Crippen LogP contribution in [0.4, 0.5) is 10.5 Å². The van der Waals surface area contributed by atoms with Crippen molar-refractivity contribution in [1.82, 2.24) is 10.2 Å². The minimum Gasteiger partial charge on any atom is -0.497 e. The van der Waals surface area contributed by atoms with Gasteiger partial charge in [0, 0.05) is 11.8 Å². The van der Waals surface area contributed by atoms with Gasteiger partial charge in [-0.2, -0.15) is 0 Å². The monoisotopic (exact) mass is 319 g/mol. The van der Waals surface area contributed by atoms with Gasteiger partial charge in [-0.3, -0.25) is 14.5 Å². The zero-order chi connectivity index (χ0) is 17.0. The van der Waals surface area contributed by atoms with Crippen molar-refractivity contribution in [2.75, 3.05) is 19.0 Å². The van der Waals surface area contributed by atoms with E-state index in [0.29, 0.717) is 17.9 Å². The summed E-state index contributed by atoms with van der Waals surface area (Å²) in [7, 11) is 1.53. The van der Waals surface area contributed by atoms with E-state index in [0.717, 1.165) is 4.90 Å². The van der Waals surface area contributed by atoms with Gasteiger partial charge in [0.25, 0.3) is 5.91 Å². The Bertz CT molecular complexity index is 615. The van der Waals surface area contributed by atoms with Crippen molar-refractivity contribution < 1.29 is 19.1 Å². The Balaban J connectivity index is 1.97. The van der Waals surface area contributed by atoms with Crippen LogP contribution in [0.1, 0.15) is 20.3 Å². The molecule has 0 aliphatic carbocycles. The molecule has 2 N–H and O–H groups in total. The van der Waals surface area contributed by atoms with Gasteiger partial charge in [-0.05, 0) is 24.5 Å². The van der Waals surface area contributed by atoms with Gasteiger partial charge in [-0.1, -0.05) is 19.9 Å². The largest absolute Gasteiger partial charge is 0.497 e. The number of anilines is 1. The number of carbonyl (C=O) groups excluding carboxylic acids is 3. The number of hydrogen-bond donors (Lipinski definition) is 2. The number of carbonyl (C=O) groups is 3. The number of nitrogens with zero attached hydrogens (tertiary/aromatic N) is 1. The highest BCUT2D eigenvalue weighted by molar-refractivity contribution is 6.07. The fraction of sp³-hybridized carbons (Fsp3) is 0.438. The van der Waals surface area contributed by atoms with Gasteiger partial charge in [0.1, 0.15) is 18.3 Å². The number of ether oxygens (including phenoxy) is 1. The van der Waals surface area contributed by atoms with Crippen LogP contribution in [-0.2, 0) is 9.59 Å². The molecule has 7 nitrogen and oxygen atoms in total. The predicted octanol–water partition coefficient (Wildman–Crippen LogP) is 1.60. The van der Waals surface area contributed by atoms with Gasteiger partial charge >= 0.3 is 6.03 Å². The highest BCUT2D eigenvalue weighted by Crippen LogP contribution is 2.17. The van der Waals surface area contributed by atoms with E-state index in [1.165, 1.54) is 7.11 Å². The molecule has 1 aliphatic rings. The van der Waals surface area contributed by atoms with E-state index in [4.69, 9.17) is 4.74 Å². The van der Waals surface area contributed by atoms with Crippen molar-refractivity contribution in [2.24, 2.45) is 5.92 Å². The summed E-state index contributed by atoms with van der Waals surface area (Å²) in [4.78, 5) is 37.1. The second kappa shape index (κ2) is 7.13. The second-order valence-corrected chi connectivity index (χ2v) is 5.84. The smallest absolute Gasteiger partial charge is 0.325 e. The third-order valence-corrected chi connectivity index (χ3v) is 3.47. The van der Waals surface area contributed by atoms with Gasteiger partial charge in [0.05, 0.1) is 7.11 Å². The average molecular weight is 319 g/mol. The second-order valence-electron chi connectivity index (χ2n) is 5.84. The van der Waals surface area contributed by atoms with E-state index in [2.05, 4.69) is 10.6 Å². The predicted molar refractivity (Wildman–Crippen MR) is 85.1 cm³/mol. The third-order valence-electron chi connectivity index (χ3n) is 3.47. The minimum absolute atomic E-state index is 0.273. The van der Waals surface area contributed by atoms with Crippen molar-refractivity contribution >= 4 is 23.5 Å². The molecule has 2 rings (SSSR count). The highest BCUT2D eigenvalue weighted by atomic mass is 16.5. The Morgan fingerprint density at radius 1 is 1.39 bits per heavy atom. The molecule has 1 atom stereocenters. The quantitative estimate of drug-likeness (QED) is 0.780. The first-order valence-electron chi connectivity index (χ1n) is 7.46. The molecule has 0 bridgehead atoms. The first-order chi connectivity index (χ1) is 10.9. The molecular weight excluding hydrogens is 298 g/mol. The molecule has 4 amide bonds. The zero-order valence-electron chi connectivity index (χ0n) is 13.5. The molecule has 0 radical (unpaired) electrons. The van der Waals surface area contributed by atoms with Crippen LogP contribution < -0.4 is 15.4 Å². The van der Waals surface area contributed by atoms with E-state index in [-0.39, 0.29) is 18.4 Å². The number of imide groups is 1. The van der Waals surface area contributed by atoms with Gasteiger partial charge in [-0.15, -0.1) is 0 Å². The molecular formula is C16H21N3O4. The summed E-state index contributed by atoms with van der Waals surface area (Å²) in [5.41, 5.74) is 0.542. The van der Waals surface area contributed by atoms with Crippen LogP contribution in [0.15, 0.2) is 24.3 Å². The van der Waals surface area contributed by atoms with E-state index < -0.39 is 18.0 Å². The van der Waals surface area contributed by atoms with E-state index in [9.17, 15) is 14.4 Å². The van der Waals surface area contributed by atoms with Crippen LogP contribution in [0.25, 0.3) is 0 Å². The van der Waals surface area contributed by atoms with Crippen LogP contribution >= 0.6 is 0 Å². The fourth-order valence-corrected chi connectivity index (χ4v) is 2.40. The van der Waals surface area contributed by atoms with E-state index in [1.807, 2.05) is 13.8 Å². The number of nitrogens with one attached hydrogen (secondary N) is 2. The molecule has 124 valence electrons. The molecule has 1 saturated heterocycles. The van der Waals surface area contributed by atoms with E-state index >= 15 is 0 Å². The maximum absolute atomic E-state index is 12.2. The summed E-state index contributed by atoms with van der Waals surface area (Å²) in [5.74, 6) is 0.0843. The van der Waals surface area contributed by atoms with Crippen LogP contribution in [0.3, 0.4) is 0 Å². The van der Waals surface area contributed by atoms with Crippen LogP contribution in [0.5, 0.6) is 5.75 Å². The molecule has 1 fully saturated rings. The number of rotatable bonds is 6. The normalized spacial score (nSPS) is 17.4. The zero-order valence-corrected chi connectivity index (χ0v) is 13.5. The Hall–Kier alpha value is -2.57. The summed E-state index contributed by atoms with van der Waals surface area (Å²) in [6.45, 7) is 3.63. The van der Waals surface area contributed by atoms with Crippen molar-refractivity contribution in [1.29, 1.82) is 0 Å². The summed E-state index contributed by atoms with van der Waals surface area (Å²) in [6, 6.07) is 5.78. The summed E-state index contributed by atoms with van der Waals surface area (Å²) >= 11 is 0. The molecule has 0 saturated carbocycles. The van der Waals surface area contributed by atoms with Crippen LogP contribution in [-0.4, -0.2) is 42.4 Å². The molecule has 23 heavy (non-hydrogen) atoms. The molecule has 1 aliphatic heterocycles. The summed E-state index contributed by atoms with van der Waals surface area (Å²) in [6.07, 6.45) is 0.554. The number of urea groups is 1. The molecule has 1 unspecified atom stereocenters.